The van der Waals surface area contributed by atoms with Crippen LogP contribution in [0.25, 0.3) is 0 Å². The van der Waals surface area contributed by atoms with Gasteiger partial charge in [0.2, 0.25) is 0 Å². The fourth-order valence-corrected chi connectivity index (χ4v) is 4.31. The molecule has 3 rings (SSSR count). The number of likely N-dealkylation sites (N-methyl/N-ethyl adjacent to an activating group) is 1. The number of carboxylic acids is 1. The standard InChI is InChI=1S/C11H17NO2/c1-12-5-8-6-2-3-7(4-6)9(8)10(12)11(13)14/h6-10H,2-5H2,1H3,(H,13,14)/t6?,7?,8?,9?,10-/m0/s1. The van der Waals surface area contributed by atoms with Gasteiger partial charge in [-0.05, 0) is 50.0 Å². The summed E-state index contributed by atoms with van der Waals surface area (Å²) in [4.78, 5) is 13.2. The van der Waals surface area contributed by atoms with E-state index in [0.717, 1.165) is 18.4 Å². The van der Waals surface area contributed by atoms with Crippen LogP contribution in [-0.2, 0) is 4.79 Å². The molecule has 1 aliphatic heterocycles. The van der Waals surface area contributed by atoms with Gasteiger partial charge in [-0.15, -0.1) is 0 Å². The van der Waals surface area contributed by atoms with Crippen LogP contribution in [0.4, 0.5) is 0 Å². The van der Waals surface area contributed by atoms with Crippen molar-refractivity contribution in [2.75, 3.05) is 13.6 Å². The SMILES string of the molecule is CN1CC2C3CCC(C3)C2[C@H]1C(=O)O. The first-order valence-electron chi connectivity index (χ1n) is 5.61. The van der Waals surface area contributed by atoms with Crippen molar-refractivity contribution in [3.63, 3.8) is 0 Å². The normalized spacial score (nSPS) is 51.1. The molecule has 3 aliphatic rings. The minimum Gasteiger partial charge on any atom is -0.480 e. The van der Waals surface area contributed by atoms with E-state index in [2.05, 4.69) is 4.90 Å². The summed E-state index contributed by atoms with van der Waals surface area (Å²) in [5.74, 6) is 2.12. The quantitative estimate of drug-likeness (QED) is 0.680. The topological polar surface area (TPSA) is 40.5 Å². The molecule has 1 saturated heterocycles. The Bertz CT molecular complexity index is 278. The average Bonchev–Trinajstić information content (AvgIpc) is 2.70. The zero-order valence-corrected chi connectivity index (χ0v) is 8.52. The van der Waals surface area contributed by atoms with E-state index in [1.54, 1.807) is 0 Å². The molecule has 2 bridgehead atoms. The molecule has 0 radical (unpaired) electrons. The smallest absolute Gasteiger partial charge is 0.321 e. The minimum atomic E-state index is -0.604. The minimum absolute atomic E-state index is 0.185. The number of fused-ring (bicyclic) bond motifs is 5. The summed E-state index contributed by atoms with van der Waals surface area (Å²) in [6, 6.07) is -0.185. The van der Waals surface area contributed by atoms with Crippen LogP contribution in [-0.4, -0.2) is 35.6 Å². The fourth-order valence-electron chi connectivity index (χ4n) is 4.31. The zero-order valence-electron chi connectivity index (χ0n) is 8.52. The van der Waals surface area contributed by atoms with E-state index in [9.17, 15) is 9.90 Å². The second-order valence-corrected chi connectivity index (χ2v) is 5.30. The van der Waals surface area contributed by atoms with Gasteiger partial charge in [0.15, 0.2) is 0 Å². The van der Waals surface area contributed by atoms with Gasteiger partial charge in [0, 0.05) is 6.54 Å². The van der Waals surface area contributed by atoms with Crippen molar-refractivity contribution in [2.24, 2.45) is 23.7 Å². The van der Waals surface area contributed by atoms with Crippen molar-refractivity contribution in [1.29, 1.82) is 0 Å². The summed E-state index contributed by atoms with van der Waals surface area (Å²) in [5, 5.41) is 9.22. The number of carbonyl (C=O) groups is 1. The van der Waals surface area contributed by atoms with E-state index in [1.165, 1.54) is 19.3 Å². The van der Waals surface area contributed by atoms with Crippen LogP contribution in [0.2, 0.25) is 0 Å². The monoisotopic (exact) mass is 195 g/mol. The third-order valence-corrected chi connectivity index (χ3v) is 4.75. The summed E-state index contributed by atoms with van der Waals surface area (Å²) >= 11 is 0. The lowest BCUT2D eigenvalue weighted by Crippen LogP contribution is -2.39. The van der Waals surface area contributed by atoms with Gasteiger partial charge in [0.05, 0.1) is 0 Å². The Morgan fingerprint density at radius 1 is 1.36 bits per heavy atom. The lowest BCUT2D eigenvalue weighted by molar-refractivity contribution is -0.143. The Morgan fingerprint density at radius 3 is 2.79 bits per heavy atom. The fraction of sp³-hybridized carbons (Fsp3) is 0.909. The van der Waals surface area contributed by atoms with Gasteiger partial charge >= 0.3 is 5.97 Å². The number of hydrogen-bond acceptors (Lipinski definition) is 2. The van der Waals surface area contributed by atoms with Crippen molar-refractivity contribution in [1.82, 2.24) is 4.90 Å². The van der Waals surface area contributed by atoms with Gasteiger partial charge in [-0.2, -0.15) is 0 Å². The molecule has 0 spiro atoms. The van der Waals surface area contributed by atoms with Crippen molar-refractivity contribution < 1.29 is 9.90 Å². The molecule has 0 aromatic carbocycles. The van der Waals surface area contributed by atoms with E-state index in [1.807, 2.05) is 7.05 Å². The number of likely N-dealkylation sites (tertiary alicyclic amines) is 1. The van der Waals surface area contributed by atoms with E-state index in [0.29, 0.717) is 11.8 Å². The highest BCUT2D eigenvalue weighted by Gasteiger charge is 2.57. The Hall–Kier alpha value is -0.570. The highest BCUT2D eigenvalue weighted by atomic mass is 16.4. The third-order valence-electron chi connectivity index (χ3n) is 4.75. The van der Waals surface area contributed by atoms with Crippen molar-refractivity contribution in [2.45, 2.75) is 25.3 Å². The molecule has 0 amide bonds. The first-order valence-corrected chi connectivity index (χ1v) is 5.61. The summed E-state index contributed by atoms with van der Waals surface area (Å²) in [6.45, 7) is 1.02. The van der Waals surface area contributed by atoms with Crippen LogP contribution in [0.5, 0.6) is 0 Å². The maximum Gasteiger partial charge on any atom is 0.321 e. The maximum absolute atomic E-state index is 11.2. The molecular formula is C11H17NO2. The van der Waals surface area contributed by atoms with E-state index in [4.69, 9.17) is 0 Å². The molecule has 3 nitrogen and oxygen atoms in total. The van der Waals surface area contributed by atoms with Crippen LogP contribution in [0, 0.1) is 23.7 Å². The first-order chi connectivity index (χ1) is 6.68. The molecule has 1 heterocycles. The molecule has 1 N–H and O–H groups in total. The Kier molecular flexibility index (Phi) is 1.69. The van der Waals surface area contributed by atoms with Gasteiger partial charge in [-0.1, -0.05) is 0 Å². The second kappa shape index (κ2) is 2.72. The van der Waals surface area contributed by atoms with Crippen molar-refractivity contribution >= 4 is 5.97 Å². The van der Waals surface area contributed by atoms with Gasteiger partial charge in [0.1, 0.15) is 6.04 Å². The number of hydrogen-bond donors (Lipinski definition) is 1. The lowest BCUT2D eigenvalue weighted by Gasteiger charge is -2.26. The number of nitrogens with zero attached hydrogens (tertiary/aromatic N) is 1. The predicted molar refractivity (Wildman–Crippen MR) is 51.9 cm³/mol. The Labute approximate surface area is 84.1 Å². The molecule has 0 aromatic rings. The summed E-state index contributed by atoms with van der Waals surface area (Å²) in [6.07, 6.45) is 3.95. The van der Waals surface area contributed by atoms with Crippen molar-refractivity contribution in [3.05, 3.63) is 0 Å². The first kappa shape index (κ1) is 8.72. The largest absolute Gasteiger partial charge is 0.480 e. The molecular weight excluding hydrogens is 178 g/mol. The van der Waals surface area contributed by atoms with Crippen molar-refractivity contribution in [3.8, 4) is 0 Å². The molecule has 3 fully saturated rings. The number of rotatable bonds is 1. The summed E-state index contributed by atoms with van der Waals surface area (Å²) in [7, 11) is 1.97. The Morgan fingerprint density at radius 2 is 2.07 bits per heavy atom. The van der Waals surface area contributed by atoms with Gasteiger partial charge < -0.3 is 5.11 Å². The molecule has 5 atom stereocenters. The second-order valence-electron chi connectivity index (χ2n) is 5.30. The highest BCUT2D eigenvalue weighted by Crippen LogP contribution is 2.56. The molecule has 4 unspecified atom stereocenters. The van der Waals surface area contributed by atoms with Crippen LogP contribution in [0.15, 0.2) is 0 Å². The van der Waals surface area contributed by atoms with E-state index in [-0.39, 0.29) is 6.04 Å². The number of aliphatic carboxylic acids is 1. The highest BCUT2D eigenvalue weighted by molar-refractivity contribution is 5.74. The van der Waals surface area contributed by atoms with Crippen LogP contribution in [0.1, 0.15) is 19.3 Å². The van der Waals surface area contributed by atoms with Crippen LogP contribution < -0.4 is 0 Å². The predicted octanol–water partition coefficient (Wildman–Crippen LogP) is 1.05. The molecule has 2 saturated carbocycles. The summed E-state index contributed by atoms with van der Waals surface area (Å²) < 4.78 is 0. The van der Waals surface area contributed by atoms with E-state index < -0.39 is 5.97 Å². The third kappa shape index (κ3) is 0.937. The lowest BCUT2D eigenvalue weighted by atomic mass is 9.78. The molecule has 78 valence electrons. The summed E-state index contributed by atoms with van der Waals surface area (Å²) in [5.41, 5.74) is 0. The van der Waals surface area contributed by atoms with Crippen LogP contribution >= 0.6 is 0 Å². The van der Waals surface area contributed by atoms with Gasteiger partial charge in [-0.3, -0.25) is 9.69 Å². The molecule has 2 aliphatic carbocycles. The maximum atomic E-state index is 11.2. The molecule has 3 heteroatoms. The number of carboxylic acid groups (broad SMARTS) is 1. The molecule has 0 aromatic heterocycles. The van der Waals surface area contributed by atoms with E-state index >= 15 is 0 Å². The average molecular weight is 195 g/mol. The Balaban J connectivity index is 1.91. The van der Waals surface area contributed by atoms with Crippen LogP contribution in [0.3, 0.4) is 0 Å². The van der Waals surface area contributed by atoms with Gasteiger partial charge in [0.25, 0.3) is 0 Å². The molecule has 14 heavy (non-hydrogen) atoms. The zero-order chi connectivity index (χ0) is 9.87. The van der Waals surface area contributed by atoms with Gasteiger partial charge in [-0.25, -0.2) is 0 Å².